The van der Waals surface area contributed by atoms with E-state index in [9.17, 15) is 27.6 Å². The smallest absolute Gasteiger partial charge is 0.407 e. The van der Waals surface area contributed by atoms with Crippen molar-refractivity contribution in [3.8, 4) is 33.6 Å². The maximum Gasteiger partial charge on any atom is 0.407 e. The molecule has 4 aromatic rings. The molecule has 3 fully saturated rings. The van der Waals surface area contributed by atoms with Crippen molar-refractivity contribution in [1.29, 1.82) is 0 Å². The van der Waals surface area contributed by atoms with Gasteiger partial charge in [0.1, 0.15) is 33.6 Å². The monoisotopic (exact) mass is 856 g/mol. The van der Waals surface area contributed by atoms with Gasteiger partial charge in [0.2, 0.25) is 11.8 Å². The molecule has 1 spiro atoms. The molecule has 2 unspecified atom stereocenters. The van der Waals surface area contributed by atoms with Gasteiger partial charge in [-0.05, 0) is 72.6 Å². The number of ether oxygens (including phenoxy) is 2. The fourth-order valence-corrected chi connectivity index (χ4v) is 10.7. The highest BCUT2D eigenvalue weighted by atomic mass is 32.2. The number of H-pyrrole nitrogens is 2. The molecule has 61 heavy (non-hydrogen) atoms. The van der Waals surface area contributed by atoms with Gasteiger partial charge in [0.25, 0.3) is 0 Å². The molecule has 2 aromatic heterocycles. The SMILES string of the molecule is COC(=O)NC(C(=O)N1C(c2ncc(-c3ccc(-c4ccc(-c5cnc([C@@H]6CCCN6C(=O)[C@@H](NC(=O)OC)C(C)C)[nH]5)cc4)cc3)[nH]2)CCC12CCS(=O)(=O)CC2)C(C)C. The molecule has 3 aliphatic heterocycles. The van der Waals surface area contributed by atoms with Gasteiger partial charge in [0.15, 0.2) is 0 Å². The number of hydrogen-bond donors (Lipinski definition) is 4. The summed E-state index contributed by atoms with van der Waals surface area (Å²) in [6.07, 6.45) is 5.69. The molecule has 4 amide bonds. The van der Waals surface area contributed by atoms with Crippen molar-refractivity contribution < 1.29 is 37.1 Å². The topological polar surface area (TPSA) is 209 Å². The first kappa shape index (κ1) is 43.4. The molecule has 17 heteroatoms. The Morgan fingerprint density at radius 1 is 0.689 bits per heavy atom. The molecule has 2 aromatic carbocycles. The molecule has 0 bridgehead atoms. The number of benzene rings is 2. The molecular formula is C44H56N8O8S. The number of aromatic amines is 2. The van der Waals surface area contributed by atoms with Crippen molar-refractivity contribution in [3.05, 3.63) is 72.6 Å². The Morgan fingerprint density at radius 2 is 1.15 bits per heavy atom. The third-order valence-electron chi connectivity index (χ3n) is 12.6. The van der Waals surface area contributed by atoms with E-state index in [-0.39, 0.29) is 41.2 Å². The lowest BCUT2D eigenvalue weighted by Gasteiger charge is -2.45. The van der Waals surface area contributed by atoms with Crippen molar-refractivity contribution in [2.75, 3.05) is 32.3 Å². The summed E-state index contributed by atoms with van der Waals surface area (Å²) >= 11 is 0. The maximum absolute atomic E-state index is 14.4. The van der Waals surface area contributed by atoms with Gasteiger partial charge in [-0.15, -0.1) is 0 Å². The Morgan fingerprint density at radius 3 is 1.62 bits per heavy atom. The van der Waals surface area contributed by atoms with Crippen LogP contribution >= 0.6 is 0 Å². The van der Waals surface area contributed by atoms with E-state index in [1.807, 2.05) is 81.1 Å². The van der Waals surface area contributed by atoms with Crippen LogP contribution in [0.4, 0.5) is 9.59 Å². The summed E-state index contributed by atoms with van der Waals surface area (Å²) < 4.78 is 34.6. The fourth-order valence-electron chi connectivity index (χ4n) is 9.07. The zero-order chi connectivity index (χ0) is 43.6. The first-order chi connectivity index (χ1) is 29.1. The Kier molecular flexibility index (Phi) is 12.6. The van der Waals surface area contributed by atoms with Gasteiger partial charge in [-0.25, -0.2) is 28.0 Å². The van der Waals surface area contributed by atoms with E-state index in [0.717, 1.165) is 46.5 Å². The number of nitrogens with zero attached hydrogens (tertiary/aromatic N) is 4. The number of likely N-dealkylation sites (tertiary alicyclic amines) is 2. The second-order valence-electron chi connectivity index (χ2n) is 17.1. The van der Waals surface area contributed by atoms with E-state index >= 15 is 0 Å². The lowest BCUT2D eigenvalue weighted by Crippen LogP contribution is -2.59. The minimum atomic E-state index is -3.20. The van der Waals surface area contributed by atoms with Crippen molar-refractivity contribution in [2.24, 2.45) is 11.8 Å². The van der Waals surface area contributed by atoms with E-state index in [4.69, 9.17) is 14.5 Å². The van der Waals surface area contributed by atoms with Crippen LogP contribution in [-0.2, 0) is 28.9 Å². The molecule has 5 heterocycles. The highest BCUT2D eigenvalue weighted by molar-refractivity contribution is 7.91. The first-order valence-corrected chi connectivity index (χ1v) is 22.8. The van der Waals surface area contributed by atoms with Crippen molar-refractivity contribution in [2.45, 2.75) is 95.9 Å². The summed E-state index contributed by atoms with van der Waals surface area (Å²) in [5.74, 6) is 0.525. The summed E-state index contributed by atoms with van der Waals surface area (Å²) in [6.45, 7) is 8.07. The van der Waals surface area contributed by atoms with E-state index in [0.29, 0.717) is 43.9 Å². The van der Waals surface area contributed by atoms with Crippen LogP contribution in [0.3, 0.4) is 0 Å². The molecule has 4 atom stereocenters. The van der Waals surface area contributed by atoms with Gasteiger partial charge in [-0.3, -0.25) is 9.59 Å². The molecule has 3 aliphatic rings. The summed E-state index contributed by atoms with van der Waals surface area (Å²) in [4.78, 5) is 72.2. The van der Waals surface area contributed by atoms with Gasteiger partial charge >= 0.3 is 12.2 Å². The zero-order valence-corrected chi connectivity index (χ0v) is 36.4. The van der Waals surface area contributed by atoms with E-state index in [1.54, 1.807) is 17.3 Å². The summed E-state index contributed by atoms with van der Waals surface area (Å²) in [5.41, 5.74) is 4.84. The van der Waals surface area contributed by atoms with Crippen molar-refractivity contribution >= 4 is 33.8 Å². The molecular weight excluding hydrogens is 801 g/mol. The number of hydrogen-bond acceptors (Lipinski definition) is 10. The van der Waals surface area contributed by atoms with Crippen LogP contribution in [0.5, 0.6) is 0 Å². The Bertz CT molecular complexity index is 2330. The molecule has 3 saturated heterocycles. The number of aromatic nitrogens is 4. The zero-order valence-electron chi connectivity index (χ0n) is 35.6. The number of rotatable bonds is 11. The molecule has 4 N–H and O–H groups in total. The number of sulfone groups is 1. The number of nitrogens with one attached hydrogen (secondary N) is 4. The van der Waals surface area contributed by atoms with Crippen molar-refractivity contribution in [1.82, 2.24) is 40.4 Å². The highest BCUT2D eigenvalue weighted by Crippen LogP contribution is 2.48. The Balaban J connectivity index is 1.05. The van der Waals surface area contributed by atoms with Crippen LogP contribution in [-0.4, -0.2) is 112 Å². The van der Waals surface area contributed by atoms with Gasteiger partial charge in [0, 0.05) is 12.1 Å². The van der Waals surface area contributed by atoms with E-state index in [2.05, 4.69) is 25.6 Å². The summed E-state index contributed by atoms with van der Waals surface area (Å²) in [5, 5.41) is 5.40. The first-order valence-electron chi connectivity index (χ1n) is 21.0. The normalized spacial score (nSPS) is 20.5. The number of imidazole rings is 2. The Labute approximate surface area is 356 Å². The summed E-state index contributed by atoms with van der Waals surface area (Å²) in [7, 11) is -0.664. The molecule has 16 nitrogen and oxygen atoms in total. The third kappa shape index (κ3) is 9.02. The van der Waals surface area contributed by atoms with Crippen molar-refractivity contribution in [3.63, 3.8) is 0 Å². The predicted molar refractivity (Wildman–Crippen MR) is 229 cm³/mol. The number of alkyl carbamates (subject to hydrolysis) is 2. The molecule has 0 aliphatic carbocycles. The number of methoxy groups -OCH3 is 2. The highest BCUT2D eigenvalue weighted by Gasteiger charge is 2.54. The molecule has 0 radical (unpaired) electrons. The predicted octanol–water partition coefficient (Wildman–Crippen LogP) is 6.17. The van der Waals surface area contributed by atoms with Crippen LogP contribution in [0, 0.1) is 11.8 Å². The minimum absolute atomic E-state index is 0.00437. The molecule has 0 saturated carbocycles. The molecule has 326 valence electrons. The number of carbonyl (C=O) groups excluding carboxylic acids is 4. The number of amides is 4. The maximum atomic E-state index is 14.4. The quantitative estimate of drug-likeness (QED) is 0.135. The van der Waals surface area contributed by atoms with Crippen LogP contribution < -0.4 is 10.6 Å². The Hall–Kier alpha value is -5.71. The van der Waals surface area contributed by atoms with Crippen LogP contribution in [0.2, 0.25) is 0 Å². The third-order valence-corrected chi connectivity index (χ3v) is 14.2. The number of carbonyl (C=O) groups is 4. The summed E-state index contributed by atoms with van der Waals surface area (Å²) in [6, 6.07) is 14.0. The molecule has 7 rings (SSSR count). The lowest BCUT2D eigenvalue weighted by atomic mass is 9.88. The van der Waals surface area contributed by atoms with Crippen LogP contribution in [0.15, 0.2) is 60.9 Å². The van der Waals surface area contributed by atoms with Gasteiger partial charge in [-0.1, -0.05) is 76.2 Å². The average molecular weight is 857 g/mol. The van der Waals surface area contributed by atoms with E-state index in [1.165, 1.54) is 14.2 Å². The standard InChI is InChI=1S/C44H56N8O8S/c1-26(2)36(49-42(55)59-5)40(53)51-21-7-8-34(51)38-45-24-32(47-38)30-13-9-28(10-14-30)29-11-15-31(16-12-29)33-25-46-39(48-33)35-17-18-44(19-22-61(57,58)23-20-44)52(35)41(54)37(27(3)4)50-43(56)60-6/h9-16,24-27,34-37H,7-8,17-23H2,1-6H3,(H,45,47)(H,46,48)(H,49,55)(H,50,56)/t34-,35?,36-,37?/m0/s1. The van der Waals surface area contributed by atoms with E-state index < -0.39 is 45.7 Å². The van der Waals surface area contributed by atoms with Crippen LogP contribution in [0.1, 0.15) is 90.0 Å². The van der Waals surface area contributed by atoms with Gasteiger partial charge in [-0.2, -0.15) is 0 Å². The second-order valence-corrected chi connectivity index (χ2v) is 19.4. The van der Waals surface area contributed by atoms with Gasteiger partial charge < -0.3 is 39.9 Å². The second kappa shape index (κ2) is 17.7. The minimum Gasteiger partial charge on any atom is -0.453 e. The van der Waals surface area contributed by atoms with Gasteiger partial charge in [0.05, 0.1) is 61.6 Å². The lowest BCUT2D eigenvalue weighted by molar-refractivity contribution is -0.142. The van der Waals surface area contributed by atoms with Crippen LogP contribution in [0.25, 0.3) is 33.6 Å². The largest absolute Gasteiger partial charge is 0.453 e. The average Bonchev–Trinajstić information content (AvgIpc) is 4.09. The fraction of sp³-hybridized carbons (Fsp3) is 0.500.